The highest BCUT2D eigenvalue weighted by Crippen LogP contribution is 2.37. The highest BCUT2D eigenvalue weighted by molar-refractivity contribution is 5.45. The number of phenolic OH excluding ortho intramolecular Hbond substituents is 1. The van der Waals surface area contributed by atoms with E-state index in [0.717, 1.165) is 36.4 Å². The third-order valence-electron chi connectivity index (χ3n) is 3.59. The Balaban J connectivity index is 1.89. The van der Waals surface area contributed by atoms with E-state index in [0.29, 0.717) is 11.7 Å². The van der Waals surface area contributed by atoms with Crippen LogP contribution in [0, 0.1) is 0 Å². The highest BCUT2D eigenvalue weighted by atomic mass is 16.5. The number of fused-ring (bicyclic) bond motifs is 1. The van der Waals surface area contributed by atoms with Crippen molar-refractivity contribution >= 4 is 5.69 Å². The molecule has 1 atom stereocenters. The first kappa shape index (κ1) is 11.9. The maximum atomic E-state index is 9.64. The predicted molar refractivity (Wildman–Crippen MR) is 75.5 cm³/mol. The molecule has 0 fully saturated rings. The maximum Gasteiger partial charge on any atom is 0.123 e. The molecule has 3 N–H and O–H groups in total. The van der Waals surface area contributed by atoms with Crippen molar-refractivity contribution in [2.24, 2.45) is 0 Å². The summed E-state index contributed by atoms with van der Waals surface area (Å²) in [5.41, 5.74) is 8.92. The van der Waals surface area contributed by atoms with E-state index in [1.54, 1.807) is 6.07 Å². The Morgan fingerprint density at radius 3 is 2.95 bits per heavy atom. The van der Waals surface area contributed by atoms with Crippen LogP contribution in [-0.4, -0.2) is 11.7 Å². The summed E-state index contributed by atoms with van der Waals surface area (Å²) in [6, 6.07) is 13.3. The molecule has 2 aromatic carbocycles. The lowest BCUT2D eigenvalue weighted by molar-refractivity contribution is 0.266. The fourth-order valence-electron chi connectivity index (χ4n) is 2.67. The molecule has 0 saturated carbocycles. The Bertz CT molecular complexity index is 595. The predicted octanol–water partition coefficient (Wildman–Crippen LogP) is 3.08. The van der Waals surface area contributed by atoms with E-state index >= 15 is 0 Å². The second-order valence-corrected chi connectivity index (χ2v) is 5.01. The number of hydrogen-bond donors (Lipinski definition) is 2. The summed E-state index contributed by atoms with van der Waals surface area (Å²) in [5.74, 6) is 1.55. The van der Waals surface area contributed by atoms with Gasteiger partial charge in [-0.05, 0) is 54.7 Å². The van der Waals surface area contributed by atoms with E-state index in [2.05, 4.69) is 6.07 Å². The summed E-state index contributed by atoms with van der Waals surface area (Å²) < 4.78 is 5.63. The van der Waals surface area contributed by atoms with Crippen molar-refractivity contribution in [3.63, 3.8) is 0 Å². The lowest BCUT2D eigenvalue weighted by Crippen LogP contribution is -2.16. The zero-order valence-corrected chi connectivity index (χ0v) is 10.7. The Morgan fingerprint density at radius 2 is 2.11 bits per heavy atom. The van der Waals surface area contributed by atoms with Crippen molar-refractivity contribution in [2.45, 2.75) is 18.8 Å². The lowest BCUT2D eigenvalue weighted by atomic mass is 9.87. The Labute approximate surface area is 112 Å². The molecule has 98 valence electrons. The van der Waals surface area contributed by atoms with Crippen molar-refractivity contribution in [3.8, 4) is 11.5 Å². The number of nitrogens with two attached hydrogens (primary N) is 1. The van der Waals surface area contributed by atoms with Crippen molar-refractivity contribution in [1.29, 1.82) is 0 Å². The zero-order valence-electron chi connectivity index (χ0n) is 10.7. The van der Waals surface area contributed by atoms with Crippen LogP contribution in [0.3, 0.4) is 0 Å². The van der Waals surface area contributed by atoms with Crippen LogP contribution < -0.4 is 10.5 Å². The quantitative estimate of drug-likeness (QED) is 0.811. The van der Waals surface area contributed by atoms with Crippen molar-refractivity contribution in [2.75, 3.05) is 12.3 Å². The van der Waals surface area contributed by atoms with Crippen LogP contribution >= 0.6 is 0 Å². The first-order valence-corrected chi connectivity index (χ1v) is 6.52. The number of phenols is 1. The van der Waals surface area contributed by atoms with Crippen molar-refractivity contribution in [1.82, 2.24) is 0 Å². The normalized spacial score (nSPS) is 17.6. The lowest BCUT2D eigenvalue weighted by Gasteiger charge is -2.26. The van der Waals surface area contributed by atoms with E-state index in [4.69, 9.17) is 10.5 Å². The SMILES string of the molecule is Nc1cccc(CC2CCOc3ccc(O)cc32)c1. The van der Waals surface area contributed by atoms with E-state index in [1.807, 2.05) is 30.3 Å². The van der Waals surface area contributed by atoms with E-state index in [-0.39, 0.29) is 0 Å². The summed E-state index contributed by atoms with van der Waals surface area (Å²) in [4.78, 5) is 0. The Kier molecular flexibility index (Phi) is 3.03. The zero-order chi connectivity index (χ0) is 13.2. The molecular weight excluding hydrogens is 238 g/mol. The van der Waals surface area contributed by atoms with Gasteiger partial charge in [-0.15, -0.1) is 0 Å². The molecule has 1 heterocycles. The average Bonchev–Trinajstić information content (AvgIpc) is 2.39. The fourth-order valence-corrected chi connectivity index (χ4v) is 2.67. The van der Waals surface area contributed by atoms with Gasteiger partial charge < -0.3 is 15.6 Å². The molecule has 3 heteroatoms. The third kappa shape index (κ3) is 2.50. The van der Waals surface area contributed by atoms with Gasteiger partial charge in [-0.25, -0.2) is 0 Å². The van der Waals surface area contributed by atoms with Gasteiger partial charge in [0.15, 0.2) is 0 Å². The number of aromatic hydroxyl groups is 1. The Hall–Kier alpha value is -2.16. The van der Waals surface area contributed by atoms with E-state index in [9.17, 15) is 5.11 Å². The molecule has 19 heavy (non-hydrogen) atoms. The van der Waals surface area contributed by atoms with Crippen molar-refractivity contribution < 1.29 is 9.84 Å². The van der Waals surface area contributed by atoms with Gasteiger partial charge >= 0.3 is 0 Å². The van der Waals surface area contributed by atoms with Crippen LogP contribution in [0.15, 0.2) is 42.5 Å². The van der Waals surface area contributed by atoms with Gasteiger partial charge in [0.25, 0.3) is 0 Å². The number of hydrogen-bond acceptors (Lipinski definition) is 3. The summed E-state index contributed by atoms with van der Waals surface area (Å²) in [6.45, 7) is 0.727. The van der Waals surface area contributed by atoms with Crippen LogP contribution in [0.2, 0.25) is 0 Å². The Morgan fingerprint density at radius 1 is 1.21 bits per heavy atom. The molecule has 0 bridgehead atoms. The monoisotopic (exact) mass is 255 g/mol. The van der Waals surface area contributed by atoms with Crippen LogP contribution in [-0.2, 0) is 6.42 Å². The smallest absolute Gasteiger partial charge is 0.123 e. The third-order valence-corrected chi connectivity index (χ3v) is 3.59. The van der Waals surface area contributed by atoms with Gasteiger partial charge in [-0.3, -0.25) is 0 Å². The molecule has 2 aromatic rings. The summed E-state index contributed by atoms with van der Waals surface area (Å²) in [7, 11) is 0. The maximum absolute atomic E-state index is 9.64. The van der Waals surface area contributed by atoms with Crippen LogP contribution in [0.25, 0.3) is 0 Å². The minimum Gasteiger partial charge on any atom is -0.508 e. The first-order chi connectivity index (χ1) is 9.22. The van der Waals surface area contributed by atoms with Crippen molar-refractivity contribution in [3.05, 3.63) is 53.6 Å². The first-order valence-electron chi connectivity index (χ1n) is 6.52. The topological polar surface area (TPSA) is 55.5 Å². The summed E-state index contributed by atoms with van der Waals surface area (Å²) in [5, 5.41) is 9.64. The largest absolute Gasteiger partial charge is 0.508 e. The molecular formula is C16H17NO2. The molecule has 0 saturated heterocycles. The number of anilines is 1. The van der Waals surface area contributed by atoms with Gasteiger partial charge in [0, 0.05) is 11.3 Å². The second-order valence-electron chi connectivity index (χ2n) is 5.01. The molecule has 0 aromatic heterocycles. The molecule has 0 radical (unpaired) electrons. The van der Waals surface area contributed by atoms with Crippen LogP contribution in [0.4, 0.5) is 5.69 Å². The minimum atomic E-state index is 0.293. The number of ether oxygens (including phenoxy) is 1. The molecule has 3 rings (SSSR count). The molecule has 0 aliphatic carbocycles. The molecule has 0 amide bonds. The van der Waals surface area contributed by atoms with Crippen LogP contribution in [0.5, 0.6) is 11.5 Å². The number of nitrogen functional groups attached to an aromatic ring is 1. The van der Waals surface area contributed by atoms with Gasteiger partial charge in [0.05, 0.1) is 6.61 Å². The molecule has 1 unspecified atom stereocenters. The molecule has 3 nitrogen and oxygen atoms in total. The summed E-state index contributed by atoms with van der Waals surface area (Å²) in [6.07, 6.45) is 1.89. The van der Waals surface area contributed by atoms with Gasteiger partial charge in [-0.1, -0.05) is 12.1 Å². The second kappa shape index (κ2) is 4.84. The van der Waals surface area contributed by atoms with E-state index in [1.165, 1.54) is 5.56 Å². The van der Waals surface area contributed by atoms with Gasteiger partial charge in [0.1, 0.15) is 11.5 Å². The number of rotatable bonds is 2. The number of benzene rings is 2. The minimum absolute atomic E-state index is 0.293. The molecule has 0 spiro atoms. The van der Waals surface area contributed by atoms with Gasteiger partial charge in [-0.2, -0.15) is 0 Å². The fraction of sp³-hybridized carbons (Fsp3) is 0.250. The molecule has 1 aliphatic heterocycles. The standard InChI is InChI=1S/C16H17NO2/c17-13-3-1-2-11(9-13)8-12-6-7-19-16-5-4-14(18)10-15(12)16/h1-5,9-10,12,18H,6-8,17H2. The van der Waals surface area contributed by atoms with E-state index < -0.39 is 0 Å². The average molecular weight is 255 g/mol. The highest BCUT2D eigenvalue weighted by Gasteiger charge is 2.22. The van der Waals surface area contributed by atoms with Crippen LogP contribution in [0.1, 0.15) is 23.5 Å². The van der Waals surface area contributed by atoms with Gasteiger partial charge in [0.2, 0.25) is 0 Å². The summed E-state index contributed by atoms with van der Waals surface area (Å²) >= 11 is 0. The molecule has 1 aliphatic rings.